The first-order valence-electron chi connectivity index (χ1n) is 9.65. The van der Waals surface area contributed by atoms with Crippen LogP contribution >= 0.6 is 0 Å². The maximum absolute atomic E-state index is 12.3. The molecule has 0 spiro atoms. The minimum absolute atomic E-state index is 0.149. The molecule has 3 rings (SSSR count). The largest absolute Gasteiger partial charge is 0.497 e. The molecule has 0 aliphatic carbocycles. The number of ether oxygens (including phenoxy) is 1. The van der Waals surface area contributed by atoms with Crippen molar-refractivity contribution < 1.29 is 14.3 Å². The summed E-state index contributed by atoms with van der Waals surface area (Å²) in [6.45, 7) is 5.39. The van der Waals surface area contributed by atoms with Crippen molar-refractivity contribution in [1.29, 1.82) is 0 Å². The fraction of sp³-hybridized carbons (Fsp3) is 0.286. The predicted octanol–water partition coefficient (Wildman–Crippen LogP) is 1.19. The topological polar surface area (TPSA) is 131 Å². The minimum Gasteiger partial charge on any atom is -0.497 e. The Bertz CT molecular complexity index is 1160. The molecule has 31 heavy (non-hydrogen) atoms. The van der Waals surface area contributed by atoms with Gasteiger partial charge in [-0.2, -0.15) is 9.78 Å². The van der Waals surface area contributed by atoms with Gasteiger partial charge in [-0.15, -0.1) is 0 Å². The van der Waals surface area contributed by atoms with Gasteiger partial charge in [0.2, 0.25) is 5.95 Å². The standard InChI is InChI=1S/C21H24N6O4/c1-12-11-17(27(26-12)21-23-14(3)13(2)18(28)25-21)24-20(30)19(29)22-10-9-15-5-7-16(31-4)8-6-15/h5-8,11H,9-10H2,1-4H3,(H,22,29)(H,24,30)(H,23,25,28). The highest BCUT2D eigenvalue weighted by Crippen LogP contribution is 2.14. The molecule has 0 radical (unpaired) electrons. The Kier molecular flexibility index (Phi) is 6.49. The molecule has 2 aromatic heterocycles. The van der Waals surface area contributed by atoms with E-state index in [1.165, 1.54) is 4.68 Å². The van der Waals surface area contributed by atoms with Gasteiger partial charge in [0, 0.05) is 23.9 Å². The van der Waals surface area contributed by atoms with Crippen LogP contribution in [-0.2, 0) is 16.0 Å². The number of aryl methyl sites for hydroxylation is 2. The van der Waals surface area contributed by atoms with Crippen LogP contribution in [-0.4, -0.2) is 45.2 Å². The highest BCUT2D eigenvalue weighted by Gasteiger charge is 2.18. The van der Waals surface area contributed by atoms with Crippen molar-refractivity contribution in [3.05, 3.63) is 63.2 Å². The summed E-state index contributed by atoms with van der Waals surface area (Å²) >= 11 is 0. The lowest BCUT2D eigenvalue weighted by atomic mass is 10.1. The summed E-state index contributed by atoms with van der Waals surface area (Å²) in [5, 5.41) is 9.35. The Balaban J connectivity index is 1.65. The molecule has 0 atom stereocenters. The van der Waals surface area contributed by atoms with Gasteiger partial charge in [0.1, 0.15) is 11.6 Å². The maximum Gasteiger partial charge on any atom is 0.314 e. The van der Waals surface area contributed by atoms with Crippen molar-refractivity contribution >= 4 is 17.6 Å². The zero-order chi connectivity index (χ0) is 22.5. The summed E-state index contributed by atoms with van der Waals surface area (Å²) in [7, 11) is 1.59. The van der Waals surface area contributed by atoms with Gasteiger partial charge < -0.3 is 15.4 Å². The Morgan fingerprint density at radius 2 is 1.84 bits per heavy atom. The van der Waals surface area contributed by atoms with Crippen LogP contribution in [0, 0.1) is 20.8 Å². The van der Waals surface area contributed by atoms with Crippen LogP contribution in [0.4, 0.5) is 5.82 Å². The van der Waals surface area contributed by atoms with E-state index in [4.69, 9.17) is 4.74 Å². The van der Waals surface area contributed by atoms with Crippen LogP contribution in [0.1, 0.15) is 22.5 Å². The molecule has 10 heteroatoms. The number of rotatable bonds is 6. The van der Waals surface area contributed by atoms with Crippen molar-refractivity contribution in [1.82, 2.24) is 25.1 Å². The summed E-state index contributed by atoms with van der Waals surface area (Å²) in [4.78, 5) is 43.5. The van der Waals surface area contributed by atoms with Crippen LogP contribution in [0.5, 0.6) is 5.75 Å². The Labute approximate surface area is 178 Å². The monoisotopic (exact) mass is 424 g/mol. The first-order chi connectivity index (χ1) is 14.8. The highest BCUT2D eigenvalue weighted by atomic mass is 16.5. The normalized spacial score (nSPS) is 10.6. The number of carbonyl (C=O) groups excluding carboxylic acids is 2. The van der Waals surface area contributed by atoms with E-state index in [1.54, 1.807) is 33.9 Å². The SMILES string of the molecule is COc1ccc(CCNC(=O)C(=O)Nc2cc(C)nn2-c2nc(C)c(C)c(=O)[nH]2)cc1. The lowest BCUT2D eigenvalue weighted by Gasteiger charge is -2.10. The molecular formula is C21H24N6O4. The van der Waals surface area contributed by atoms with Crippen molar-refractivity contribution in [2.75, 3.05) is 19.0 Å². The number of hydrogen-bond acceptors (Lipinski definition) is 6. The fourth-order valence-electron chi connectivity index (χ4n) is 2.85. The van der Waals surface area contributed by atoms with Gasteiger partial charge in [0.15, 0.2) is 0 Å². The zero-order valence-electron chi connectivity index (χ0n) is 17.8. The number of anilines is 1. The van der Waals surface area contributed by atoms with E-state index >= 15 is 0 Å². The maximum atomic E-state index is 12.3. The molecule has 162 valence electrons. The van der Waals surface area contributed by atoms with E-state index in [0.29, 0.717) is 29.9 Å². The summed E-state index contributed by atoms with van der Waals surface area (Å²) in [5.41, 5.74) is 2.31. The predicted molar refractivity (Wildman–Crippen MR) is 115 cm³/mol. The smallest absolute Gasteiger partial charge is 0.314 e. The summed E-state index contributed by atoms with van der Waals surface area (Å²) in [6, 6.07) is 9.03. The van der Waals surface area contributed by atoms with E-state index < -0.39 is 11.8 Å². The van der Waals surface area contributed by atoms with Crippen molar-refractivity contribution in [2.24, 2.45) is 0 Å². The molecule has 0 saturated heterocycles. The lowest BCUT2D eigenvalue weighted by molar-refractivity contribution is -0.136. The molecule has 0 bridgehead atoms. The quantitative estimate of drug-likeness (QED) is 0.510. The summed E-state index contributed by atoms with van der Waals surface area (Å²) < 4.78 is 6.39. The number of aromatic amines is 1. The van der Waals surface area contributed by atoms with Crippen molar-refractivity contribution in [3.63, 3.8) is 0 Å². The van der Waals surface area contributed by atoms with E-state index in [2.05, 4.69) is 25.7 Å². The third kappa shape index (κ3) is 5.16. The Morgan fingerprint density at radius 3 is 2.48 bits per heavy atom. The van der Waals surface area contributed by atoms with Crippen molar-refractivity contribution in [3.8, 4) is 11.7 Å². The molecule has 0 unspecified atom stereocenters. The van der Waals surface area contributed by atoms with Crippen LogP contribution in [0.3, 0.4) is 0 Å². The van der Waals surface area contributed by atoms with Crippen LogP contribution in [0.15, 0.2) is 35.1 Å². The van der Waals surface area contributed by atoms with Crippen LogP contribution in [0.25, 0.3) is 5.95 Å². The van der Waals surface area contributed by atoms with E-state index in [0.717, 1.165) is 11.3 Å². The molecule has 3 aromatic rings. The number of H-pyrrole nitrogens is 1. The summed E-state index contributed by atoms with van der Waals surface area (Å²) in [5.74, 6) is -0.503. The second-order valence-corrected chi connectivity index (χ2v) is 6.99. The van der Waals surface area contributed by atoms with E-state index in [9.17, 15) is 14.4 Å². The van der Waals surface area contributed by atoms with Crippen LogP contribution < -0.4 is 20.9 Å². The van der Waals surface area contributed by atoms with Gasteiger partial charge in [-0.25, -0.2) is 4.98 Å². The molecule has 0 aliphatic heterocycles. The average molecular weight is 424 g/mol. The molecule has 1 aromatic carbocycles. The van der Waals surface area contributed by atoms with Gasteiger partial charge in [0.25, 0.3) is 5.56 Å². The second kappa shape index (κ2) is 9.24. The van der Waals surface area contributed by atoms with E-state index in [-0.39, 0.29) is 17.3 Å². The molecule has 2 amide bonds. The molecule has 10 nitrogen and oxygen atoms in total. The molecule has 0 saturated carbocycles. The lowest BCUT2D eigenvalue weighted by Crippen LogP contribution is -2.37. The van der Waals surface area contributed by atoms with E-state index in [1.807, 2.05) is 24.3 Å². The minimum atomic E-state index is -0.845. The highest BCUT2D eigenvalue weighted by molar-refractivity contribution is 6.39. The number of nitrogens with zero attached hydrogens (tertiary/aromatic N) is 3. The second-order valence-electron chi connectivity index (χ2n) is 6.99. The van der Waals surface area contributed by atoms with Gasteiger partial charge >= 0.3 is 11.8 Å². The molecule has 3 N–H and O–H groups in total. The van der Waals surface area contributed by atoms with Crippen LogP contribution in [0.2, 0.25) is 0 Å². The number of amides is 2. The third-order valence-corrected chi connectivity index (χ3v) is 4.72. The van der Waals surface area contributed by atoms with Gasteiger partial charge in [-0.3, -0.25) is 19.4 Å². The van der Waals surface area contributed by atoms with Gasteiger partial charge in [-0.1, -0.05) is 12.1 Å². The number of nitrogens with one attached hydrogen (secondary N) is 3. The molecular weight excluding hydrogens is 400 g/mol. The first kappa shape index (κ1) is 21.8. The number of hydrogen-bond donors (Lipinski definition) is 3. The molecule has 2 heterocycles. The van der Waals surface area contributed by atoms with Gasteiger partial charge in [-0.05, 0) is 44.9 Å². The molecule has 0 fully saturated rings. The number of carbonyl (C=O) groups is 2. The zero-order valence-corrected chi connectivity index (χ0v) is 17.8. The Hall–Kier alpha value is -3.95. The Morgan fingerprint density at radius 1 is 1.13 bits per heavy atom. The summed E-state index contributed by atoms with van der Waals surface area (Å²) in [6.07, 6.45) is 0.563. The number of aromatic nitrogens is 4. The average Bonchev–Trinajstić information content (AvgIpc) is 3.12. The molecule has 0 aliphatic rings. The number of methoxy groups -OCH3 is 1. The number of benzene rings is 1. The van der Waals surface area contributed by atoms with Crippen molar-refractivity contribution in [2.45, 2.75) is 27.2 Å². The fourth-order valence-corrected chi connectivity index (χ4v) is 2.85. The van der Waals surface area contributed by atoms with Gasteiger partial charge in [0.05, 0.1) is 12.8 Å². The first-order valence-corrected chi connectivity index (χ1v) is 9.65. The third-order valence-electron chi connectivity index (χ3n) is 4.72.